The standard InChI is InChI=1S/C13H15/c1-2-7-12-11(4-1)8-9-13(12)10-5-3-6-10/h1-2,4,7,13H,3,5-6,8-9H2. The van der Waals surface area contributed by atoms with Crippen LogP contribution in [0, 0.1) is 5.92 Å². The number of fused-ring (bicyclic) bond motifs is 1. The fraction of sp³-hybridized carbons (Fsp3) is 0.462. The molecule has 0 spiro atoms. The van der Waals surface area contributed by atoms with E-state index in [0.717, 1.165) is 5.92 Å². The SMILES string of the molecule is c1ccc2c(c1)CCC2[C]1CCC1. The lowest BCUT2D eigenvalue weighted by Crippen LogP contribution is -2.16. The van der Waals surface area contributed by atoms with Gasteiger partial charge < -0.3 is 0 Å². The number of hydrogen-bond donors (Lipinski definition) is 0. The van der Waals surface area contributed by atoms with Gasteiger partial charge in [-0.1, -0.05) is 30.7 Å². The summed E-state index contributed by atoms with van der Waals surface area (Å²) in [5.74, 6) is 2.66. The predicted octanol–water partition coefficient (Wildman–Crippen LogP) is 3.47. The quantitative estimate of drug-likeness (QED) is 0.607. The Morgan fingerprint density at radius 2 is 1.85 bits per heavy atom. The first-order valence-electron chi connectivity index (χ1n) is 5.37. The maximum Gasteiger partial charge on any atom is -0.00939 e. The van der Waals surface area contributed by atoms with Gasteiger partial charge in [0, 0.05) is 0 Å². The van der Waals surface area contributed by atoms with Gasteiger partial charge in [0.05, 0.1) is 0 Å². The van der Waals surface area contributed by atoms with Crippen molar-refractivity contribution in [3.63, 3.8) is 0 Å². The third kappa shape index (κ3) is 1.12. The lowest BCUT2D eigenvalue weighted by Gasteiger charge is -2.31. The lowest BCUT2D eigenvalue weighted by molar-refractivity contribution is 0.463. The highest BCUT2D eigenvalue weighted by Crippen LogP contribution is 2.47. The highest BCUT2D eigenvalue weighted by Gasteiger charge is 2.33. The van der Waals surface area contributed by atoms with E-state index < -0.39 is 0 Å². The van der Waals surface area contributed by atoms with Crippen LogP contribution >= 0.6 is 0 Å². The average Bonchev–Trinajstić information content (AvgIpc) is 2.47. The Balaban J connectivity index is 1.93. The summed E-state index contributed by atoms with van der Waals surface area (Å²) in [4.78, 5) is 0. The van der Waals surface area contributed by atoms with Crippen LogP contribution in [0.15, 0.2) is 24.3 Å². The second kappa shape index (κ2) is 2.87. The molecule has 0 heterocycles. The van der Waals surface area contributed by atoms with E-state index in [1.807, 2.05) is 5.92 Å². The minimum Gasteiger partial charge on any atom is -0.0620 e. The first-order valence-corrected chi connectivity index (χ1v) is 5.37. The Kier molecular flexibility index (Phi) is 1.68. The minimum atomic E-state index is 0.838. The largest absolute Gasteiger partial charge is 0.0620 e. The lowest BCUT2D eigenvalue weighted by atomic mass is 9.73. The molecule has 0 nitrogen and oxygen atoms in total. The zero-order valence-corrected chi connectivity index (χ0v) is 7.92. The van der Waals surface area contributed by atoms with Crippen molar-refractivity contribution in [2.24, 2.45) is 0 Å². The molecule has 13 heavy (non-hydrogen) atoms. The summed E-state index contributed by atoms with van der Waals surface area (Å²) >= 11 is 0. The van der Waals surface area contributed by atoms with Gasteiger partial charge in [0.1, 0.15) is 0 Å². The third-order valence-corrected chi connectivity index (χ3v) is 3.62. The molecule has 1 atom stereocenters. The molecule has 0 aliphatic heterocycles. The maximum absolute atomic E-state index is 2.33. The third-order valence-electron chi connectivity index (χ3n) is 3.62. The molecule has 1 fully saturated rings. The normalized spacial score (nSPS) is 26.9. The number of rotatable bonds is 1. The highest BCUT2D eigenvalue weighted by atomic mass is 14.4. The Bertz CT molecular complexity index is 310. The summed E-state index contributed by atoms with van der Waals surface area (Å²) < 4.78 is 0. The monoisotopic (exact) mass is 171 g/mol. The van der Waals surface area contributed by atoms with Crippen LogP contribution in [0.3, 0.4) is 0 Å². The molecule has 0 N–H and O–H groups in total. The first-order chi connectivity index (χ1) is 6.45. The van der Waals surface area contributed by atoms with Gasteiger partial charge in [-0.2, -0.15) is 0 Å². The average molecular weight is 171 g/mol. The van der Waals surface area contributed by atoms with Crippen molar-refractivity contribution < 1.29 is 0 Å². The molecule has 3 rings (SSSR count). The summed E-state index contributed by atoms with van der Waals surface area (Å²) in [6.45, 7) is 0. The molecule has 67 valence electrons. The fourth-order valence-electron chi connectivity index (χ4n) is 2.71. The molecular weight excluding hydrogens is 156 g/mol. The van der Waals surface area contributed by atoms with E-state index in [9.17, 15) is 0 Å². The van der Waals surface area contributed by atoms with E-state index in [1.165, 1.54) is 32.1 Å². The molecule has 1 radical (unpaired) electrons. The Morgan fingerprint density at radius 3 is 2.62 bits per heavy atom. The van der Waals surface area contributed by atoms with Crippen LogP contribution in [0.2, 0.25) is 0 Å². The molecule has 0 bridgehead atoms. The molecule has 0 heteroatoms. The molecule has 0 aromatic heterocycles. The van der Waals surface area contributed by atoms with Gasteiger partial charge >= 0.3 is 0 Å². The van der Waals surface area contributed by atoms with E-state index in [0.29, 0.717) is 0 Å². The molecule has 2 aliphatic rings. The second-order valence-corrected chi connectivity index (χ2v) is 4.30. The number of benzene rings is 1. The van der Waals surface area contributed by atoms with Crippen molar-refractivity contribution in [2.45, 2.75) is 38.0 Å². The van der Waals surface area contributed by atoms with Gasteiger partial charge in [-0.15, -0.1) is 0 Å². The second-order valence-electron chi connectivity index (χ2n) is 4.30. The van der Waals surface area contributed by atoms with Crippen molar-refractivity contribution in [1.82, 2.24) is 0 Å². The van der Waals surface area contributed by atoms with Crippen molar-refractivity contribution in [2.75, 3.05) is 0 Å². The molecule has 1 unspecified atom stereocenters. The molecule has 1 aromatic carbocycles. The summed E-state index contributed by atoms with van der Waals surface area (Å²) in [7, 11) is 0. The van der Waals surface area contributed by atoms with Crippen LogP contribution in [0.4, 0.5) is 0 Å². The molecule has 1 saturated carbocycles. The van der Waals surface area contributed by atoms with Gasteiger partial charge in [0.2, 0.25) is 0 Å². The van der Waals surface area contributed by atoms with Crippen molar-refractivity contribution in [1.29, 1.82) is 0 Å². The van der Waals surface area contributed by atoms with E-state index >= 15 is 0 Å². The van der Waals surface area contributed by atoms with Crippen molar-refractivity contribution >= 4 is 0 Å². The van der Waals surface area contributed by atoms with Crippen LogP contribution in [0.25, 0.3) is 0 Å². The van der Waals surface area contributed by atoms with Gasteiger partial charge in [0.15, 0.2) is 0 Å². The summed E-state index contributed by atoms with van der Waals surface area (Å²) in [6.07, 6.45) is 6.94. The van der Waals surface area contributed by atoms with Crippen LogP contribution in [-0.2, 0) is 6.42 Å². The molecule has 0 saturated heterocycles. The van der Waals surface area contributed by atoms with Gasteiger partial charge in [-0.25, -0.2) is 0 Å². The highest BCUT2D eigenvalue weighted by molar-refractivity contribution is 5.39. The van der Waals surface area contributed by atoms with Crippen molar-refractivity contribution in [3.8, 4) is 0 Å². The minimum absolute atomic E-state index is 0.838. The zero-order valence-electron chi connectivity index (χ0n) is 7.92. The topological polar surface area (TPSA) is 0 Å². The van der Waals surface area contributed by atoms with Crippen LogP contribution in [0.1, 0.15) is 42.7 Å². The fourth-order valence-corrected chi connectivity index (χ4v) is 2.71. The van der Waals surface area contributed by atoms with Gasteiger partial charge in [-0.05, 0) is 48.6 Å². The van der Waals surface area contributed by atoms with Crippen LogP contribution in [-0.4, -0.2) is 0 Å². The number of hydrogen-bond acceptors (Lipinski definition) is 0. The Morgan fingerprint density at radius 1 is 1.00 bits per heavy atom. The zero-order chi connectivity index (χ0) is 8.67. The molecule has 2 aliphatic carbocycles. The van der Waals surface area contributed by atoms with Crippen LogP contribution < -0.4 is 0 Å². The summed E-state index contributed by atoms with van der Waals surface area (Å²) in [5.41, 5.74) is 3.24. The number of aryl methyl sites for hydroxylation is 1. The van der Waals surface area contributed by atoms with E-state index in [4.69, 9.17) is 0 Å². The summed E-state index contributed by atoms with van der Waals surface area (Å²) in [6, 6.07) is 9.00. The van der Waals surface area contributed by atoms with Crippen LogP contribution in [0.5, 0.6) is 0 Å². The summed E-state index contributed by atoms with van der Waals surface area (Å²) in [5, 5.41) is 0. The van der Waals surface area contributed by atoms with Crippen molar-refractivity contribution in [3.05, 3.63) is 41.3 Å². The molecular formula is C13H15. The first kappa shape index (κ1) is 7.61. The molecule has 0 amide bonds. The van der Waals surface area contributed by atoms with Gasteiger partial charge in [0.25, 0.3) is 0 Å². The van der Waals surface area contributed by atoms with E-state index in [2.05, 4.69) is 24.3 Å². The smallest absolute Gasteiger partial charge is 0.00939 e. The van der Waals surface area contributed by atoms with E-state index in [1.54, 1.807) is 11.1 Å². The molecule has 1 aromatic rings. The van der Waals surface area contributed by atoms with Gasteiger partial charge in [-0.3, -0.25) is 0 Å². The van der Waals surface area contributed by atoms with E-state index in [-0.39, 0.29) is 0 Å². The Labute approximate surface area is 80.0 Å². The predicted molar refractivity (Wildman–Crippen MR) is 54.6 cm³/mol. The Hall–Kier alpha value is -0.780. The maximum atomic E-state index is 2.33.